The maximum atomic E-state index is 14.1. The zero-order valence-electron chi connectivity index (χ0n) is 32.2. The van der Waals surface area contributed by atoms with Gasteiger partial charge in [0, 0.05) is 44.7 Å². The van der Waals surface area contributed by atoms with Crippen LogP contribution in [0.3, 0.4) is 0 Å². The third-order valence-corrected chi connectivity index (χ3v) is 11.1. The first kappa shape index (κ1) is 42.4. The fraction of sp³-hybridized carbons (Fsp3) is 0.632. The van der Waals surface area contributed by atoms with Gasteiger partial charge >= 0.3 is 12.1 Å². The van der Waals surface area contributed by atoms with Crippen LogP contribution in [0.2, 0.25) is 5.02 Å². The molecule has 4 bridgehead atoms. The fourth-order valence-corrected chi connectivity index (χ4v) is 7.23. The molecule has 1 aromatic carbocycles. The zero-order chi connectivity index (χ0) is 39.6. The van der Waals surface area contributed by atoms with E-state index in [0.29, 0.717) is 24.3 Å². The van der Waals surface area contributed by atoms with Gasteiger partial charge in [0.2, 0.25) is 11.8 Å². The van der Waals surface area contributed by atoms with Crippen LogP contribution < -0.4 is 15.0 Å². The van der Waals surface area contributed by atoms with E-state index in [0.717, 1.165) is 11.1 Å². The highest BCUT2D eigenvalue weighted by Gasteiger charge is 2.64. The SMILES string of the molecule is COc1cc2cc(c1Cl)N(C)C(=O)CC(OC(=O)[C@H](C)N(C)C(=O)CCC(C)(C)S)C1(C)OC1C(C)C1CC(O)(NC(=O)O1)C(OC)/C=C/C=C(\C)C2. The van der Waals surface area contributed by atoms with E-state index in [1.54, 1.807) is 52.1 Å². The molecule has 53 heavy (non-hydrogen) atoms. The van der Waals surface area contributed by atoms with Crippen molar-refractivity contribution in [3.8, 4) is 5.75 Å². The molecule has 15 heteroatoms. The first-order chi connectivity index (χ1) is 24.6. The van der Waals surface area contributed by atoms with E-state index in [1.807, 2.05) is 26.8 Å². The second kappa shape index (κ2) is 16.6. The number of likely N-dealkylation sites (N-methyl/N-ethyl adjacent to an activating group) is 1. The smallest absolute Gasteiger partial charge is 0.409 e. The number of halogens is 1. The van der Waals surface area contributed by atoms with Crippen LogP contribution >= 0.6 is 24.2 Å². The molecule has 1 aromatic rings. The van der Waals surface area contributed by atoms with Gasteiger partial charge in [0.05, 0.1) is 25.3 Å². The third-order valence-electron chi connectivity index (χ3n) is 10.5. The molecule has 7 unspecified atom stereocenters. The van der Waals surface area contributed by atoms with Crippen LogP contribution in [-0.4, -0.2) is 109 Å². The summed E-state index contributed by atoms with van der Waals surface area (Å²) >= 11 is 11.3. The Hall–Kier alpha value is -3.30. The topological polar surface area (TPSA) is 156 Å². The largest absolute Gasteiger partial charge is 0.495 e. The van der Waals surface area contributed by atoms with Crippen LogP contribution in [0.1, 0.15) is 72.8 Å². The number of amides is 3. The number of anilines is 1. The average Bonchev–Trinajstić information content (AvgIpc) is 3.78. The molecule has 0 saturated carbocycles. The van der Waals surface area contributed by atoms with E-state index in [1.165, 1.54) is 31.1 Å². The van der Waals surface area contributed by atoms with Gasteiger partial charge in [-0.05, 0) is 51.3 Å². The summed E-state index contributed by atoms with van der Waals surface area (Å²) in [6.45, 7) is 10.8. The lowest BCUT2D eigenvalue weighted by molar-refractivity contribution is -0.162. The number of aliphatic hydroxyl groups is 1. The van der Waals surface area contributed by atoms with Crippen LogP contribution in [0.15, 0.2) is 35.9 Å². The van der Waals surface area contributed by atoms with Gasteiger partial charge in [-0.15, -0.1) is 0 Å². The molecule has 2 saturated heterocycles. The highest BCUT2D eigenvalue weighted by Crippen LogP contribution is 2.49. The number of benzene rings is 1. The number of rotatable bonds is 8. The minimum Gasteiger partial charge on any atom is -0.495 e. The Kier molecular flexibility index (Phi) is 13.3. The van der Waals surface area contributed by atoms with Crippen LogP contribution in [-0.2, 0) is 39.8 Å². The molecule has 3 amide bonds. The summed E-state index contributed by atoms with van der Waals surface area (Å²) in [6, 6.07) is 2.60. The van der Waals surface area contributed by atoms with E-state index in [-0.39, 0.29) is 34.9 Å². The molecule has 2 fully saturated rings. The Labute approximate surface area is 322 Å². The van der Waals surface area contributed by atoms with Crippen LogP contribution in [0, 0.1) is 5.92 Å². The van der Waals surface area contributed by atoms with Gasteiger partial charge in [-0.2, -0.15) is 12.6 Å². The van der Waals surface area contributed by atoms with E-state index < -0.39 is 65.7 Å². The van der Waals surface area contributed by atoms with Crippen molar-refractivity contribution in [3.63, 3.8) is 0 Å². The highest BCUT2D eigenvalue weighted by molar-refractivity contribution is 7.81. The van der Waals surface area contributed by atoms with Crippen LogP contribution in [0.25, 0.3) is 0 Å². The van der Waals surface area contributed by atoms with Crippen molar-refractivity contribution in [2.24, 2.45) is 5.92 Å². The van der Waals surface area contributed by atoms with Crippen molar-refractivity contribution in [1.82, 2.24) is 10.2 Å². The van der Waals surface area contributed by atoms with E-state index in [4.69, 9.17) is 35.3 Å². The van der Waals surface area contributed by atoms with Crippen molar-refractivity contribution in [1.29, 1.82) is 0 Å². The van der Waals surface area contributed by atoms with Gasteiger partial charge < -0.3 is 38.6 Å². The maximum Gasteiger partial charge on any atom is 0.409 e. The van der Waals surface area contributed by atoms with Crippen LogP contribution in [0.4, 0.5) is 10.5 Å². The standard InChI is InChI=1S/C38H54ClN3O10S/c1-21-12-11-13-28(49-10)38(47)20-27(50-35(46)40-38)22(2)33-37(6,52-33)29(51-34(45)23(3)41(7)30(43)14-15-36(4,5)53)19-31(44)42(8)25-17-24(16-21)18-26(48-9)32(25)39/h11-13,17-18,22-23,27-29,33,47,53H,14-16,19-20H2,1-10H3,(H,40,46)/b13-11+,21-12+/t22?,23-,27?,28?,29?,33?,37?,38?/m0/s1. The van der Waals surface area contributed by atoms with Crippen LogP contribution in [0.5, 0.6) is 5.75 Å². The molecule has 3 heterocycles. The first-order valence-corrected chi connectivity index (χ1v) is 18.5. The number of nitrogens with zero attached hydrogens (tertiary/aromatic N) is 2. The summed E-state index contributed by atoms with van der Waals surface area (Å²) in [4.78, 5) is 56.5. The number of ether oxygens (including phenoxy) is 5. The number of fused-ring (bicyclic) bond motifs is 5. The number of esters is 1. The molecule has 0 spiro atoms. The van der Waals surface area contributed by atoms with Gasteiger partial charge in [-0.3, -0.25) is 14.9 Å². The molecule has 0 aliphatic carbocycles. The fourth-order valence-electron chi connectivity index (χ4n) is 6.81. The molecule has 0 radical (unpaired) electrons. The second-order valence-electron chi connectivity index (χ2n) is 15.2. The maximum absolute atomic E-state index is 14.1. The lowest BCUT2D eigenvalue weighted by Crippen LogP contribution is -2.63. The molecular formula is C38H54ClN3O10S. The number of thiol groups is 1. The number of carbonyl (C=O) groups excluding carboxylic acids is 4. The number of nitrogens with one attached hydrogen (secondary N) is 1. The molecule has 3 aliphatic heterocycles. The Bertz CT molecular complexity index is 1630. The average molecular weight is 780 g/mol. The Morgan fingerprint density at radius 3 is 2.57 bits per heavy atom. The number of epoxide rings is 1. The highest BCUT2D eigenvalue weighted by atomic mass is 35.5. The summed E-state index contributed by atoms with van der Waals surface area (Å²) in [7, 11) is 6.02. The predicted octanol–water partition coefficient (Wildman–Crippen LogP) is 5.00. The monoisotopic (exact) mass is 779 g/mol. The molecular weight excluding hydrogens is 726 g/mol. The third kappa shape index (κ3) is 9.88. The Morgan fingerprint density at radius 1 is 1.26 bits per heavy atom. The lowest BCUT2D eigenvalue weighted by atomic mass is 9.83. The minimum atomic E-state index is -1.83. The predicted molar refractivity (Wildman–Crippen MR) is 203 cm³/mol. The van der Waals surface area contributed by atoms with E-state index in [9.17, 15) is 24.3 Å². The number of carbonyl (C=O) groups is 4. The molecule has 2 N–H and O–H groups in total. The molecule has 3 aliphatic rings. The number of hydrogen-bond donors (Lipinski definition) is 3. The molecule has 8 atom stereocenters. The first-order valence-electron chi connectivity index (χ1n) is 17.7. The minimum absolute atomic E-state index is 0.0509. The molecule has 13 nitrogen and oxygen atoms in total. The summed E-state index contributed by atoms with van der Waals surface area (Å²) in [6.07, 6.45) is 1.61. The lowest BCUT2D eigenvalue weighted by Gasteiger charge is -2.42. The zero-order valence-corrected chi connectivity index (χ0v) is 33.9. The van der Waals surface area contributed by atoms with Crippen molar-refractivity contribution in [2.45, 2.75) is 120 Å². The van der Waals surface area contributed by atoms with Crippen molar-refractivity contribution in [3.05, 3.63) is 46.5 Å². The van der Waals surface area contributed by atoms with Gasteiger partial charge in [0.1, 0.15) is 40.7 Å². The van der Waals surface area contributed by atoms with Gasteiger partial charge in [-0.25, -0.2) is 9.59 Å². The van der Waals surface area contributed by atoms with Crippen molar-refractivity contribution < 1.29 is 48.0 Å². The van der Waals surface area contributed by atoms with Gasteiger partial charge in [0.25, 0.3) is 0 Å². The molecule has 294 valence electrons. The quantitative estimate of drug-likeness (QED) is 0.187. The van der Waals surface area contributed by atoms with E-state index in [2.05, 4.69) is 17.9 Å². The van der Waals surface area contributed by atoms with Gasteiger partial charge in [0.15, 0.2) is 5.72 Å². The number of methoxy groups -OCH3 is 2. The normalized spacial score (nSPS) is 31.5. The summed E-state index contributed by atoms with van der Waals surface area (Å²) in [5.41, 5.74) is -0.916. The number of alkyl carbamates (subject to hydrolysis) is 1. The van der Waals surface area contributed by atoms with E-state index >= 15 is 0 Å². The molecule has 0 aromatic heterocycles. The summed E-state index contributed by atoms with van der Waals surface area (Å²) in [5, 5.41) is 14.5. The summed E-state index contributed by atoms with van der Waals surface area (Å²) < 4.78 is 28.8. The van der Waals surface area contributed by atoms with Crippen molar-refractivity contribution in [2.75, 3.05) is 33.2 Å². The molecule has 4 rings (SSSR count). The Balaban J connectivity index is 1.74. The second-order valence-corrected chi connectivity index (χ2v) is 16.8. The summed E-state index contributed by atoms with van der Waals surface area (Å²) in [5.74, 6) is -1.58. The van der Waals surface area contributed by atoms with Gasteiger partial charge in [-0.1, -0.05) is 56.2 Å². The van der Waals surface area contributed by atoms with Crippen molar-refractivity contribution >= 4 is 53.8 Å². The Morgan fingerprint density at radius 2 is 1.94 bits per heavy atom. The number of hydrogen-bond acceptors (Lipinski definition) is 11. The number of allylic oxidation sites excluding steroid dienone is 3.